The molecule has 0 aliphatic carbocycles. The Morgan fingerprint density at radius 3 is 2.44 bits per heavy atom. The van der Waals surface area contributed by atoms with E-state index in [1.165, 1.54) is 16.7 Å². The Labute approximate surface area is 163 Å². The normalized spacial score (nSPS) is 10.3. The quantitative estimate of drug-likeness (QED) is 0.511. The van der Waals surface area contributed by atoms with Crippen molar-refractivity contribution in [1.29, 1.82) is 0 Å². The second-order valence-corrected chi connectivity index (χ2v) is 7.32. The van der Waals surface area contributed by atoms with Crippen molar-refractivity contribution in [1.82, 2.24) is 15.5 Å². The molecule has 0 radical (unpaired) electrons. The van der Waals surface area contributed by atoms with Gasteiger partial charge in [-0.05, 0) is 18.1 Å². The summed E-state index contributed by atoms with van der Waals surface area (Å²) in [6, 6.07) is 6.02. The Balaban J connectivity index is 2.56. The van der Waals surface area contributed by atoms with Crippen LogP contribution in [0.5, 0.6) is 0 Å². The van der Waals surface area contributed by atoms with E-state index >= 15 is 0 Å². The standard InChI is InChI=1S/C18H25N3O5S/c1-12(2)9-19-18(25)20-15(22)10-26-17(24)13-7-5-6-8-14(13)27-11-16(23)21(3)4/h5-8,12H,9-11H2,1-4H3,(H2,19,20,22,25). The van der Waals surface area contributed by atoms with Gasteiger partial charge in [0.15, 0.2) is 6.61 Å². The zero-order valence-electron chi connectivity index (χ0n) is 15.9. The number of carbonyl (C=O) groups is 4. The fraction of sp³-hybridized carbons (Fsp3) is 0.444. The molecule has 0 aliphatic rings. The largest absolute Gasteiger partial charge is 0.452 e. The molecule has 0 saturated carbocycles. The third-order valence-electron chi connectivity index (χ3n) is 3.22. The van der Waals surface area contributed by atoms with Gasteiger partial charge in [-0.3, -0.25) is 14.9 Å². The van der Waals surface area contributed by atoms with Gasteiger partial charge in [-0.25, -0.2) is 9.59 Å². The number of carbonyl (C=O) groups excluding carboxylic acids is 4. The van der Waals surface area contributed by atoms with Crippen molar-refractivity contribution in [3.8, 4) is 0 Å². The van der Waals surface area contributed by atoms with Crippen LogP contribution in [0.3, 0.4) is 0 Å². The first kappa shape index (κ1) is 22.5. The molecule has 1 rings (SSSR count). The van der Waals surface area contributed by atoms with Crippen molar-refractivity contribution < 1.29 is 23.9 Å². The Morgan fingerprint density at radius 2 is 1.81 bits per heavy atom. The van der Waals surface area contributed by atoms with Crippen LogP contribution < -0.4 is 10.6 Å². The molecular formula is C18H25N3O5S. The average molecular weight is 395 g/mol. The van der Waals surface area contributed by atoms with Crippen molar-refractivity contribution in [3.63, 3.8) is 0 Å². The summed E-state index contributed by atoms with van der Waals surface area (Å²) < 4.78 is 4.97. The lowest BCUT2D eigenvalue weighted by Gasteiger charge is -2.12. The number of thioether (sulfide) groups is 1. The predicted molar refractivity (Wildman–Crippen MR) is 103 cm³/mol. The van der Waals surface area contributed by atoms with Crippen LogP contribution in [0.1, 0.15) is 24.2 Å². The highest BCUT2D eigenvalue weighted by Crippen LogP contribution is 2.23. The average Bonchev–Trinajstić information content (AvgIpc) is 2.62. The van der Waals surface area contributed by atoms with E-state index in [1.54, 1.807) is 38.4 Å². The van der Waals surface area contributed by atoms with E-state index in [9.17, 15) is 19.2 Å². The fourth-order valence-electron chi connectivity index (χ4n) is 1.74. The van der Waals surface area contributed by atoms with Crippen molar-refractivity contribution in [2.45, 2.75) is 18.7 Å². The number of hydrogen-bond acceptors (Lipinski definition) is 6. The number of hydrogen-bond donors (Lipinski definition) is 2. The van der Waals surface area contributed by atoms with Gasteiger partial charge in [-0.1, -0.05) is 26.0 Å². The molecule has 0 unspecified atom stereocenters. The summed E-state index contributed by atoms with van der Waals surface area (Å²) in [6.07, 6.45) is 0. The topological polar surface area (TPSA) is 105 Å². The number of ether oxygens (including phenoxy) is 1. The molecular weight excluding hydrogens is 370 g/mol. The van der Waals surface area contributed by atoms with Crippen LogP contribution in [0.4, 0.5) is 4.79 Å². The van der Waals surface area contributed by atoms with Gasteiger partial charge in [0.1, 0.15) is 0 Å². The maximum atomic E-state index is 12.2. The molecule has 148 valence electrons. The zero-order chi connectivity index (χ0) is 20.4. The number of rotatable bonds is 8. The number of nitrogens with one attached hydrogen (secondary N) is 2. The third kappa shape index (κ3) is 8.59. The number of amides is 4. The van der Waals surface area contributed by atoms with Crippen LogP contribution in [0.25, 0.3) is 0 Å². The first-order valence-electron chi connectivity index (χ1n) is 8.37. The Morgan fingerprint density at radius 1 is 1.15 bits per heavy atom. The molecule has 2 N–H and O–H groups in total. The molecule has 0 aliphatic heterocycles. The van der Waals surface area contributed by atoms with Gasteiger partial charge >= 0.3 is 12.0 Å². The van der Waals surface area contributed by atoms with Crippen molar-refractivity contribution >= 4 is 35.6 Å². The van der Waals surface area contributed by atoms with Gasteiger partial charge in [-0.2, -0.15) is 0 Å². The SMILES string of the molecule is CC(C)CNC(=O)NC(=O)COC(=O)c1ccccc1SCC(=O)N(C)C. The molecule has 27 heavy (non-hydrogen) atoms. The lowest BCUT2D eigenvalue weighted by atomic mass is 10.2. The van der Waals surface area contributed by atoms with E-state index in [-0.39, 0.29) is 23.1 Å². The lowest BCUT2D eigenvalue weighted by Crippen LogP contribution is -2.42. The van der Waals surface area contributed by atoms with Crippen LogP contribution in [-0.2, 0) is 14.3 Å². The number of nitrogens with zero attached hydrogens (tertiary/aromatic N) is 1. The van der Waals surface area contributed by atoms with Crippen LogP contribution in [0.2, 0.25) is 0 Å². The van der Waals surface area contributed by atoms with Crippen LogP contribution >= 0.6 is 11.8 Å². The molecule has 1 aromatic rings. The summed E-state index contributed by atoms with van der Waals surface area (Å²) in [7, 11) is 3.30. The molecule has 4 amide bonds. The molecule has 0 heterocycles. The molecule has 1 aromatic carbocycles. The molecule has 0 aromatic heterocycles. The van der Waals surface area contributed by atoms with Gasteiger partial charge in [0, 0.05) is 25.5 Å². The molecule has 0 bridgehead atoms. The maximum absolute atomic E-state index is 12.2. The summed E-state index contributed by atoms with van der Waals surface area (Å²) in [5, 5.41) is 4.61. The van der Waals surface area contributed by atoms with E-state index in [0.717, 1.165) is 0 Å². The monoisotopic (exact) mass is 395 g/mol. The highest BCUT2D eigenvalue weighted by Gasteiger charge is 2.17. The summed E-state index contributed by atoms with van der Waals surface area (Å²) in [5.74, 6) is -1.09. The van der Waals surface area contributed by atoms with Crippen LogP contribution in [-0.4, -0.2) is 61.7 Å². The fourth-order valence-corrected chi connectivity index (χ4v) is 2.76. The number of urea groups is 1. The Kier molecular flexibility index (Phi) is 9.35. The highest BCUT2D eigenvalue weighted by molar-refractivity contribution is 8.00. The zero-order valence-corrected chi connectivity index (χ0v) is 16.7. The number of benzene rings is 1. The van der Waals surface area contributed by atoms with Gasteiger partial charge < -0.3 is 15.0 Å². The lowest BCUT2D eigenvalue weighted by molar-refractivity contribution is -0.126. The maximum Gasteiger partial charge on any atom is 0.339 e. The summed E-state index contributed by atoms with van der Waals surface area (Å²) >= 11 is 1.21. The summed E-state index contributed by atoms with van der Waals surface area (Å²) in [5.41, 5.74) is 0.256. The molecule has 0 fully saturated rings. The first-order valence-corrected chi connectivity index (χ1v) is 9.36. The molecule has 8 nitrogen and oxygen atoms in total. The summed E-state index contributed by atoms with van der Waals surface area (Å²) in [4.78, 5) is 49.2. The van der Waals surface area contributed by atoms with Gasteiger partial charge in [0.25, 0.3) is 5.91 Å². The second kappa shape index (κ2) is 11.2. The minimum atomic E-state index is -0.725. The van der Waals surface area contributed by atoms with Gasteiger partial charge in [-0.15, -0.1) is 11.8 Å². The Bertz CT molecular complexity index is 691. The first-order chi connectivity index (χ1) is 12.7. The van der Waals surface area contributed by atoms with Gasteiger partial charge in [0.2, 0.25) is 5.91 Å². The van der Waals surface area contributed by atoms with Gasteiger partial charge in [0.05, 0.1) is 11.3 Å². The third-order valence-corrected chi connectivity index (χ3v) is 4.27. The Hall–Kier alpha value is -2.55. The van der Waals surface area contributed by atoms with E-state index in [1.807, 2.05) is 13.8 Å². The molecule has 0 atom stereocenters. The van der Waals surface area contributed by atoms with E-state index in [0.29, 0.717) is 11.4 Å². The predicted octanol–water partition coefficient (Wildman–Crippen LogP) is 1.51. The number of esters is 1. The smallest absolute Gasteiger partial charge is 0.339 e. The van der Waals surface area contributed by atoms with E-state index in [4.69, 9.17) is 4.74 Å². The van der Waals surface area contributed by atoms with Crippen LogP contribution in [0.15, 0.2) is 29.2 Å². The summed E-state index contributed by atoms with van der Waals surface area (Å²) in [6.45, 7) is 3.69. The minimum absolute atomic E-state index is 0.0880. The van der Waals surface area contributed by atoms with Crippen molar-refractivity contribution in [3.05, 3.63) is 29.8 Å². The minimum Gasteiger partial charge on any atom is -0.452 e. The van der Waals surface area contributed by atoms with E-state index < -0.39 is 24.5 Å². The van der Waals surface area contributed by atoms with Crippen molar-refractivity contribution in [2.24, 2.45) is 5.92 Å². The molecule has 0 saturated heterocycles. The van der Waals surface area contributed by atoms with Crippen molar-refractivity contribution in [2.75, 3.05) is 33.0 Å². The second-order valence-electron chi connectivity index (χ2n) is 6.30. The van der Waals surface area contributed by atoms with E-state index in [2.05, 4.69) is 10.6 Å². The highest BCUT2D eigenvalue weighted by atomic mass is 32.2. The molecule has 0 spiro atoms. The number of imide groups is 1. The van der Waals surface area contributed by atoms with Crippen LogP contribution in [0, 0.1) is 5.92 Å². The molecule has 9 heteroatoms.